The van der Waals surface area contributed by atoms with Crippen LogP contribution in [0.2, 0.25) is 0 Å². The van der Waals surface area contributed by atoms with Gasteiger partial charge in [-0.25, -0.2) is 14.4 Å². The van der Waals surface area contributed by atoms with E-state index in [0.29, 0.717) is 18.4 Å². The molecular formula is C21H33N3O8. The molecule has 2 atom stereocenters. The van der Waals surface area contributed by atoms with E-state index in [1.165, 1.54) is 18.2 Å². The summed E-state index contributed by atoms with van der Waals surface area (Å²) in [6.07, 6.45) is 4.33. The van der Waals surface area contributed by atoms with Crippen LogP contribution < -0.4 is 16.0 Å². The lowest BCUT2D eigenvalue weighted by Gasteiger charge is -2.18. The molecule has 0 aliphatic carbocycles. The van der Waals surface area contributed by atoms with E-state index in [2.05, 4.69) is 23.8 Å². The molecule has 2 unspecified atom stereocenters. The molecule has 6 N–H and O–H groups in total. The van der Waals surface area contributed by atoms with Gasteiger partial charge in [-0.1, -0.05) is 45.2 Å². The Morgan fingerprint density at radius 1 is 0.875 bits per heavy atom. The maximum absolute atomic E-state index is 11.9. The molecule has 0 fully saturated rings. The van der Waals surface area contributed by atoms with E-state index in [9.17, 15) is 29.1 Å². The maximum atomic E-state index is 11.9. The summed E-state index contributed by atoms with van der Waals surface area (Å²) >= 11 is 0. The maximum Gasteiger partial charge on any atom is 0.326 e. The second-order valence-corrected chi connectivity index (χ2v) is 6.15. The summed E-state index contributed by atoms with van der Waals surface area (Å²) in [5.41, 5.74) is 0.336. The van der Waals surface area contributed by atoms with Gasteiger partial charge in [-0.2, -0.15) is 0 Å². The number of aliphatic carboxylic acids is 3. The predicted octanol–water partition coefficient (Wildman–Crippen LogP) is 1.67. The molecule has 0 bridgehead atoms. The normalized spacial score (nSPS) is 12.1. The highest BCUT2D eigenvalue weighted by atomic mass is 16.4. The number of carbonyl (C=O) groups excluding carboxylic acids is 2. The number of unbranched alkanes of at least 4 members (excludes halogenated alkanes) is 1. The Hall–Kier alpha value is -3.63. The highest BCUT2D eigenvalue weighted by Crippen LogP contribution is 2.03. The van der Waals surface area contributed by atoms with Crippen LogP contribution in [-0.2, 0) is 19.2 Å². The first kappa shape index (κ1) is 30.6. The summed E-state index contributed by atoms with van der Waals surface area (Å²) in [5, 5.41) is 33.7. The number of hydrogen-bond donors (Lipinski definition) is 6. The van der Waals surface area contributed by atoms with E-state index in [4.69, 9.17) is 10.2 Å². The molecule has 0 aromatic heterocycles. The number of urea groups is 1. The third-order valence-electron chi connectivity index (χ3n) is 3.84. The fourth-order valence-electron chi connectivity index (χ4n) is 2.28. The lowest BCUT2D eigenvalue weighted by atomic mass is 10.1. The number of allylic oxidation sites excluding steroid dienone is 2. The van der Waals surface area contributed by atoms with Gasteiger partial charge in [0.15, 0.2) is 0 Å². The number of nitrogens with one attached hydrogen (secondary N) is 3. The van der Waals surface area contributed by atoms with Gasteiger partial charge in [0.25, 0.3) is 5.91 Å². The average molecular weight is 456 g/mol. The lowest BCUT2D eigenvalue weighted by Crippen LogP contribution is -2.51. The monoisotopic (exact) mass is 455 g/mol. The number of carboxylic acid groups (broad SMARTS) is 3. The second kappa shape index (κ2) is 18.2. The highest BCUT2D eigenvalue weighted by molar-refractivity contribution is 5.96. The van der Waals surface area contributed by atoms with Crippen LogP contribution in [0.3, 0.4) is 0 Å². The van der Waals surface area contributed by atoms with Crippen LogP contribution in [0, 0.1) is 0 Å². The fourth-order valence-corrected chi connectivity index (χ4v) is 2.28. The van der Waals surface area contributed by atoms with E-state index >= 15 is 0 Å². The lowest BCUT2D eigenvalue weighted by molar-refractivity contribution is -0.140. The quantitative estimate of drug-likeness (QED) is 0.122. The molecule has 32 heavy (non-hydrogen) atoms. The van der Waals surface area contributed by atoms with Crippen molar-refractivity contribution in [2.45, 2.75) is 58.0 Å². The Morgan fingerprint density at radius 2 is 1.41 bits per heavy atom. The molecule has 3 amide bonds. The smallest absolute Gasteiger partial charge is 0.326 e. The summed E-state index contributed by atoms with van der Waals surface area (Å²) in [4.78, 5) is 56.6. The first-order valence-corrected chi connectivity index (χ1v) is 10.1. The molecule has 0 rings (SSSR count). The van der Waals surface area contributed by atoms with Gasteiger partial charge in [-0.15, -0.1) is 0 Å². The molecule has 0 saturated carbocycles. The molecular weight excluding hydrogens is 422 g/mol. The Kier molecular flexibility index (Phi) is 17.3. The van der Waals surface area contributed by atoms with Crippen LogP contribution in [0.5, 0.6) is 0 Å². The van der Waals surface area contributed by atoms with Gasteiger partial charge in [0, 0.05) is 18.5 Å². The first-order chi connectivity index (χ1) is 15.1. The van der Waals surface area contributed by atoms with Crippen molar-refractivity contribution in [2.24, 2.45) is 0 Å². The standard InChI is InChI=1S/C19H27N3O8.C2H6/c1-3-7-12(4-2)16(25)20-11-6-5-8-13(17(26)27)21-19(30)22-14(18(28)29)9-10-15(23)24;1-2/h3-4,7,13-14H,1-2,5-6,8-11H2,(H,20,25)(H,23,24)(H,26,27)(H,28,29)(H2,21,22,30);1-2H3/b12-7+;. The fraction of sp³-hybridized carbons (Fsp3) is 0.476. The van der Waals surface area contributed by atoms with Crippen molar-refractivity contribution in [2.75, 3.05) is 6.54 Å². The molecule has 0 aliphatic heterocycles. The van der Waals surface area contributed by atoms with Gasteiger partial charge >= 0.3 is 23.9 Å². The molecule has 0 saturated heterocycles. The van der Waals surface area contributed by atoms with Gasteiger partial charge in [0.1, 0.15) is 12.1 Å². The summed E-state index contributed by atoms with van der Waals surface area (Å²) < 4.78 is 0. The van der Waals surface area contributed by atoms with Crippen LogP contribution in [0.4, 0.5) is 4.79 Å². The average Bonchev–Trinajstić information content (AvgIpc) is 2.74. The van der Waals surface area contributed by atoms with E-state index in [-0.39, 0.29) is 25.3 Å². The van der Waals surface area contributed by atoms with Crippen molar-refractivity contribution in [1.82, 2.24) is 16.0 Å². The second-order valence-electron chi connectivity index (χ2n) is 6.15. The first-order valence-electron chi connectivity index (χ1n) is 10.1. The third-order valence-corrected chi connectivity index (χ3v) is 3.84. The van der Waals surface area contributed by atoms with Crippen molar-refractivity contribution in [3.05, 3.63) is 37.0 Å². The number of carboxylic acids is 3. The Morgan fingerprint density at radius 3 is 1.84 bits per heavy atom. The van der Waals surface area contributed by atoms with E-state index in [0.717, 1.165) is 0 Å². The van der Waals surface area contributed by atoms with Crippen molar-refractivity contribution in [1.29, 1.82) is 0 Å². The zero-order valence-electron chi connectivity index (χ0n) is 18.4. The van der Waals surface area contributed by atoms with E-state index in [1.54, 1.807) is 0 Å². The van der Waals surface area contributed by atoms with Crippen LogP contribution >= 0.6 is 0 Å². The third kappa shape index (κ3) is 14.4. The predicted molar refractivity (Wildman–Crippen MR) is 118 cm³/mol. The Bertz CT molecular complexity index is 703. The molecule has 0 heterocycles. The number of carbonyl (C=O) groups is 5. The molecule has 11 nitrogen and oxygen atoms in total. The summed E-state index contributed by atoms with van der Waals surface area (Å²) in [6, 6.07) is -3.77. The van der Waals surface area contributed by atoms with Gasteiger partial charge in [0.05, 0.1) is 0 Å². The van der Waals surface area contributed by atoms with Crippen LogP contribution in [0.25, 0.3) is 0 Å². The van der Waals surface area contributed by atoms with Crippen LogP contribution in [0.1, 0.15) is 46.0 Å². The van der Waals surface area contributed by atoms with Gasteiger partial charge < -0.3 is 31.3 Å². The minimum Gasteiger partial charge on any atom is -0.481 e. The van der Waals surface area contributed by atoms with Gasteiger partial charge in [0.2, 0.25) is 0 Å². The minimum atomic E-state index is -1.46. The van der Waals surface area contributed by atoms with Crippen LogP contribution in [0.15, 0.2) is 37.0 Å². The Labute approximate surface area is 187 Å². The van der Waals surface area contributed by atoms with Crippen molar-refractivity contribution >= 4 is 29.8 Å². The highest BCUT2D eigenvalue weighted by Gasteiger charge is 2.24. The van der Waals surface area contributed by atoms with Crippen molar-refractivity contribution in [3.63, 3.8) is 0 Å². The number of rotatable bonds is 15. The van der Waals surface area contributed by atoms with E-state index in [1.807, 2.05) is 19.2 Å². The van der Waals surface area contributed by atoms with E-state index < -0.39 is 42.4 Å². The number of hydrogen-bond acceptors (Lipinski definition) is 5. The molecule has 0 aromatic rings. The summed E-state index contributed by atoms with van der Waals surface area (Å²) in [6.45, 7) is 11.3. The molecule has 0 aromatic carbocycles. The SMILES string of the molecule is C=C/C=C(\C=C)C(=O)NCCCCC(NC(=O)NC(CCC(=O)O)C(=O)O)C(=O)O.CC. The molecule has 0 spiro atoms. The van der Waals surface area contributed by atoms with Crippen LogP contribution in [-0.4, -0.2) is 63.8 Å². The Balaban J connectivity index is 0. The topological polar surface area (TPSA) is 182 Å². The zero-order chi connectivity index (χ0) is 25.1. The molecule has 0 aliphatic rings. The molecule has 0 radical (unpaired) electrons. The summed E-state index contributed by atoms with van der Waals surface area (Å²) in [5.74, 6) is -4.31. The zero-order valence-corrected chi connectivity index (χ0v) is 18.4. The molecule has 11 heteroatoms. The molecule has 180 valence electrons. The minimum absolute atomic E-state index is 0.0439. The summed E-state index contributed by atoms with van der Waals surface area (Å²) in [7, 11) is 0. The largest absolute Gasteiger partial charge is 0.481 e. The van der Waals surface area contributed by atoms with Crippen molar-refractivity contribution in [3.8, 4) is 0 Å². The van der Waals surface area contributed by atoms with Crippen molar-refractivity contribution < 1.29 is 39.3 Å². The van der Waals surface area contributed by atoms with Gasteiger partial charge in [-0.3, -0.25) is 9.59 Å². The van der Waals surface area contributed by atoms with Gasteiger partial charge in [-0.05, 0) is 25.7 Å². The number of amides is 3.